The fourth-order valence-electron chi connectivity index (χ4n) is 1.34. The monoisotopic (exact) mass is 303 g/mol. The lowest BCUT2D eigenvalue weighted by molar-refractivity contribution is -0.123. The number of nitrogens with zero attached hydrogens (tertiary/aromatic N) is 1. The summed E-state index contributed by atoms with van der Waals surface area (Å²) in [5.74, 6) is -0.221. The maximum atomic E-state index is 11.4. The number of nitrogens with one attached hydrogen (secondary N) is 2. The first kappa shape index (κ1) is 14.7. The van der Waals surface area contributed by atoms with Crippen LogP contribution in [0, 0.1) is 0 Å². The van der Waals surface area contributed by atoms with Crippen molar-refractivity contribution in [3.05, 3.63) is 52.6 Å². The number of amides is 2. The molecule has 0 aromatic carbocycles. The van der Waals surface area contributed by atoms with Crippen LogP contribution < -0.4 is 10.7 Å². The van der Waals surface area contributed by atoms with E-state index < -0.39 is 5.91 Å². The predicted octanol–water partition coefficient (Wildman–Crippen LogP) is 1.62. The molecule has 0 aliphatic carbocycles. The van der Waals surface area contributed by atoms with E-state index in [9.17, 15) is 9.59 Å². The van der Waals surface area contributed by atoms with E-state index in [-0.39, 0.29) is 12.5 Å². The minimum absolute atomic E-state index is 0.150. The van der Waals surface area contributed by atoms with Crippen LogP contribution in [0.4, 0.5) is 0 Å². The fourth-order valence-corrected chi connectivity index (χ4v) is 1.93. The Morgan fingerprint density at radius 1 is 1.33 bits per heavy atom. The molecule has 0 unspecified atom stereocenters. The maximum Gasteiger partial charge on any atom is 0.259 e. The predicted molar refractivity (Wildman–Crippen MR) is 80.8 cm³/mol. The molecule has 0 bridgehead atoms. The van der Waals surface area contributed by atoms with Crippen LogP contribution in [-0.2, 0) is 9.59 Å². The average molecular weight is 303 g/mol. The molecule has 0 spiro atoms. The molecule has 2 amide bonds. The maximum absolute atomic E-state index is 11.4. The zero-order chi connectivity index (χ0) is 14.9. The lowest BCUT2D eigenvalue weighted by atomic mass is 10.4. The molecule has 0 saturated carbocycles. The molecule has 7 heteroatoms. The van der Waals surface area contributed by atoms with Crippen molar-refractivity contribution in [2.45, 2.75) is 0 Å². The van der Waals surface area contributed by atoms with E-state index in [1.54, 1.807) is 18.3 Å². The number of thiophene rings is 1. The van der Waals surface area contributed by atoms with Crippen molar-refractivity contribution in [2.75, 3.05) is 6.54 Å². The molecule has 2 rings (SSSR count). The third kappa shape index (κ3) is 5.45. The summed E-state index contributed by atoms with van der Waals surface area (Å²) < 4.78 is 5.03. The molecule has 6 nitrogen and oxygen atoms in total. The third-order valence-corrected chi connectivity index (χ3v) is 3.10. The van der Waals surface area contributed by atoms with Crippen LogP contribution in [0.15, 0.2) is 51.5 Å². The van der Waals surface area contributed by atoms with E-state index in [1.165, 1.54) is 29.8 Å². The third-order valence-electron chi connectivity index (χ3n) is 2.29. The van der Waals surface area contributed by atoms with Gasteiger partial charge in [0, 0.05) is 11.0 Å². The minimum Gasteiger partial charge on any atom is -0.465 e. The van der Waals surface area contributed by atoms with Gasteiger partial charge in [0.2, 0.25) is 5.91 Å². The van der Waals surface area contributed by atoms with Gasteiger partial charge in [0.15, 0.2) is 0 Å². The Hall–Kier alpha value is -2.67. The Balaban J connectivity index is 1.67. The first-order valence-electron chi connectivity index (χ1n) is 6.09. The van der Waals surface area contributed by atoms with E-state index in [0.29, 0.717) is 5.76 Å². The topological polar surface area (TPSA) is 83.7 Å². The van der Waals surface area contributed by atoms with Gasteiger partial charge in [-0.3, -0.25) is 9.59 Å². The molecule has 21 heavy (non-hydrogen) atoms. The molecule has 0 fully saturated rings. The van der Waals surface area contributed by atoms with Crippen LogP contribution in [0.5, 0.6) is 0 Å². The van der Waals surface area contributed by atoms with E-state index in [4.69, 9.17) is 4.42 Å². The summed E-state index contributed by atoms with van der Waals surface area (Å²) in [5.41, 5.74) is 2.33. The summed E-state index contributed by atoms with van der Waals surface area (Å²) in [7, 11) is 0. The quantitative estimate of drug-likeness (QED) is 0.483. The Labute approximate surface area is 125 Å². The Morgan fingerprint density at radius 2 is 2.24 bits per heavy atom. The number of carbonyl (C=O) groups is 2. The number of rotatable bonds is 6. The molecule has 108 valence electrons. The number of hydrazone groups is 1. The van der Waals surface area contributed by atoms with Gasteiger partial charge in [-0.1, -0.05) is 6.07 Å². The van der Waals surface area contributed by atoms with Crippen molar-refractivity contribution in [3.63, 3.8) is 0 Å². The van der Waals surface area contributed by atoms with E-state index in [0.717, 1.165) is 4.88 Å². The van der Waals surface area contributed by atoms with Crippen molar-refractivity contribution in [1.29, 1.82) is 0 Å². The number of furan rings is 1. The zero-order valence-electron chi connectivity index (χ0n) is 11.0. The summed E-state index contributed by atoms with van der Waals surface area (Å²) in [6, 6.07) is 7.20. The highest BCUT2D eigenvalue weighted by molar-refractivity contribution is 7.11. The molecule has 0 atom stereocenters. The molecule has 0 aliphatic rings. The molecule has 2 aromatic heterocycles. The average Bonchev–Trinajstić information content (AvgIpc) is 3.16. The van der Waals surface area contributed by atoms with Crippen molar-refractivity contribution in [1.82, 2.24) is 10.7 Å². The lowest BCUT2D eigenvalue weighted by Crippen LogP contribution is -2.33. The largest absolute Gasteiger partial charge is 0.465 e. The number of hydrogen-bond donors (Lipinski definition) is 2. The Bertz CT molecular complexity index is 630. The van der Waals surface area contributed by atoms with Gasteiger partial charge in [0.25, 0.3) is 5.91 Å². The van der Waals surface area contributed by atoms with Crippen molar-refractivity contribution >= 4 is 35.4 Å². The van der Waals surface area contributed by atoms with Gasteiger partial charge in [0.05, 0.1) is 19.0 Å². The van der Waals surface area contributed by atoms with Crippen molar-refractivity contribution < 1.29 is 14.0 Å². The second-order valence-electron chi connectivity index (χ2n) is 3.88. The number of carbonyl (C=O) groups excluding carboxylic acids is 2. The summed E-state index contributed by atoms with van der Waals surface area (Å²) in [4.78, 5) is 23.8. The minimum atomic E-state index is -0.400. The van der Waals surface area contributed by atoms with Gasteiger partial charge in [-0.15, -0.1) is 11.3 Å². The number of hydrogen-bond acceptors (Lipinski definition) is 5. The Morgan fingerprint density at radius 3 is 2.95 bits per heavy atom. The standard InChI is InChI=1S/C14H13N3O3S/c18-13(6-5-11-3-1-7-20-11)15-10-14(19)17-16-9-12-4-2-8-21-12/h1-9H,10H2,(H,15,18)(H,17,19)/b6-5+,16-9-. The van der Waals surface area contributed by atoms with Gasteiger partial charge in [-0.2, -0.15) is 5.10 Å². The highest BCUT2D eigenvalue weighted by Gasteiger charge is 2.01. The molecular formula is C14H13N3O3S. The fraction of sp³-hybridized carbons (Fsp3) is 0.0714. The van der Waals surface area contributed by atoms with Gasteiger partial charge < -0.3 is 9.73 Å². The summed E-state index contributed by atoms with van der Waals surface area (Å²) in [6.45, 7) is -0.150. The van der Waals surface area contributed by atoms with Crippen molar-refractivity contribution in [2.24, 2.45) is 5.10 Å². The molecule has 0 saturated heterocycles. The molecule has 2 aromatic rings. The molecular weight excluding hydrogens is 290 g/mol. The van der Waals surface area contributed by atoms with E-state index in [1.807, 2.05) is 17.5 Å². The van der Waals surface area contributed by atoms with E-state index in [2.05, 4.69) is 15.8 Å². The van der Waals surface area contributed by atoms with Gasteiger partial charge >= 0.3 is 0 Å². The lowest BCUT2D eigenvalue weighted by Gasteiger charge is -2.00. The van der Waals surface area contributed by atoms with Gasteiger partial charge in [0.1, 0.15) is 5.76 Å². The first-order chi connectivity index (χ1) is 10.2. The van der Waals surface area contributed by atoms with Crippen LogP contribution in [0.3, 0.4) is 0 Å². The smallest absolute Gasteiger partial charge is 0.259 e. The second kappa shape index (κ2) is 7.81. The first-order valence-corrected chi connectivity index (χ1v) is 6.97. The van der Waals surface area contributed by atoms with Crippen LogP contribution >= 0.6 is 11.3 Å². The SMILES string of the molecule is O=C(/C=C/c1ccco1)NCC(=O)N/N=C\c1cccs1. The van der Waals surface area contributed by atoms with Crippen LogP contribution in [0.1, 0.15) is 10.6 Å². The summed E-state index contributed by atoms with van der Waals surface area (Å²) in [6.07, 6.45) is 5.86. The summed E-state index contributed by atoms with van der Waals surface area (Å²) in [5, 5.41) is 8.13. The molecule has 0 aliphatic heterocycles. The summed E-state index contributed by atoms with van der Waals surface area (Å²) >= 11 is 1.51. The van der Waals surface area contributed by atoms with Crippen LogP contribution in [0.25, 0.3) is 6.08 Å². The zero-order valence-corrected chi connectivity index (χ0v) is 11.8. The van der Waals surface area contributed by atoms with Crippen LogP contribution in [0.2, 0.25) is 0 Å². The van der Waals surface area contributed by atoms with Crippen molar-refractivity contribution in [3.8, 4) is 0 Å². The molecule has 0 radical (unpaired) electrons. The molecule has 2 N–H and O–H groups in total. The Kier molecular flexibility index (Phi) is 5.48. The van der Waals surface area contributed by atoms with E-state index >= 15 is 0 Å². The van der Waals surface area contributed by atoms with Crippen LogP contribution in [-0.4, -0.2) is 24.6 Å². The second-order valence-corrected chi connectivity index (χ2v) is 4.85. The van der Waals surface area contributed by atoms with Gasteiger partial charge in [-0.25, -0.2) is 5.43 Å². The van der Waals surface area contributed by atoms with Gasteiger partial charge in [-0.05, 0) is 29.7 Å². The normalized spacial score (nSPS) is 11.0. The highest BCUT2D eigenvalue weighted by atomic mass is 32.1. The molecule has 2 heterocycles. The highest BCUT2D eigenvalue weighted by Crippen LogP contribution is 2.04.